The summed E-state index contributed by atoms with van der Waals surface area (Å²) in [6, 6.07) is 5.85. The lowest BCUT2D eigenvalue weighted by molar-refractivity contribution is -0.136. The summed E-state index contributed by atoms with van der Waals surface area (Å²) in [5.41, 5.74) is -0.262. The van der Waals surface area contributed by atoms with E-state index in [9.17, 15) is 18.8 Å². The number of hydrogen-bond donors (Lipinski definition) is 2. The maximum absolute atomic E-state index is 13.4. The van der Waals surface area contributed by atoms with Gasteiger partial charge in [-0.3, -0.25) is 14.5 Å². The molecule has 1 aromatic rings. The average molecular weight is 432 g/mol. The first-order valence-corrected chi connectivity index (χ1v) is 11.1. The Balaban J connectivity index is 1.40. The number of urea groups is 1. The van der Waals surface area contributed by atoms with Crippen molar-refractivity contribution in [3.8, 4) is 0 Å². The first-order valence-electron chi connectivity index (χ1n) is 11.1. The highest BCUT2D eigenvalue weighted by molar-refractivity contribution is 6.09. The highest BCUT2D eigenvalue weighted by Crippen LogP contribution is 2.37. The van der Waals surface area contributed by atoms with Gasteiger partial charge in [0.1, 0.15) is 17.9 Å². The molecule has 1 spiro atoms. The van der Waals surface area contributed by atoms with E-state index in [1.807, 2.05) is 0 Å². The summed E-state index contributed by atoms with van der Waals surface area (Å²) in [4.78, 5) is 39.2. The summed E-state index contributed by atoms with van der Waals surface area (Å²) >= 11 is 0. The minimum absolute atomic E-state index is 0.293. The molecule has 0 radical (unpaired) electrons. The molecule has 4 amide bonds. The van der Waals surface area contributed by atoms with Crippen molar-refractivity contribution in [1.29, 1.82) is 0 Å². The van der Waals surface area contributed by atoms with E-state index >= 15 is 0 Å². The van der Waals surface area contributed by atoms with Crippen LogP contribution in [-0.2, 0) is 19.7 Å². The largest absolute Gasteiger partial charge is 0.381 e. The highest BCUT2D eigenvalue weighted by Gasteiger charge is 2.52. The zero-order valence-corrected chi connectivity index (χ0v) is 17.9. The number of imide groups is 1. The first-order chi connectivity index (χ1) is 14.8. The Morgan fingerprint density at radius 1 is 1.16 bits per heavy atom. The van der Waals surface area contributed by atoms with E-state index in [0.29, 0.717) is 51.4 Å². The van der Waals surface area contributed by atoms with Crippen LogP contribution in [0.3, 0.4) is 0 Å². The van der Waals surface area contributed by atoms with Crippen LogP contribution < -0.4 is 10.6 Å². The molecule has 1 aromatic carbocycles. The van der Waals surface area contributed by atoms with Crippen molar-refractivity contribution in [2.45, 2.75) is 56.4 Å². The van der Waals surface area contributed by atoms with Gasteiger partial charge in [-0.1, -0.05) is 19.1 Å². The Morgan fingerprint density at radius 3 is 2.45 bits per heavy atom. The van der Waals surface area contributed by atoms with Crippen molar-refractivity contribution in [3.05, 3.63) is 35.6 Å². The van der Waals surface area contributed by atoms with Crippen molar-refractivity contribution in [2.75, 3.05) is 26.3 Å². The lowest BCUT2D eigenvalue weighted by Gasteiger charge is -2.38. The van der Waals surface area contributed by atoms with E-state index in [-0.39, 0.29) is 29.6 Å². The first kappa shape index (κ1) is 21.7. The van der Waals surface area contributed by atoms with Crippen molar-refractivity contribution in [3.63, 3.8) is 0 Å². The smallest absolute Gasteiger partial charge is 0.325 e. The summed E-state index contributed by atoms with van der Waals surface area (Å²) in [6.45, 7) is 3.31. The second-order valence-corrected chi connectivity index (χ2v) is 9.26. The Bertz CT molecular complexity index is 843. The van der Waals surface area contributed by atoms with Crippen LogP contribution in [0.5, 0.6) is 0 Å². The summed E-state index contributed by atoms with van der Waals surface area (Å²) < 4.78 is 18.9. The molecule has 0 unspecified atom stereocenters. The van der Waals surface area contributed by atoms with Gasteiger partial charge in [0.05, 0.1) is 0 Å². The van der Waals surface area contributed by atoms with Crippen molar-refractivity contribution < 1.29 is 23.5 Å². The molecular weight excluding hydrogens is 401 g/mol. The molecule has 168 valence electrons. The number of amides is 4. The quantitative estimate of drug-likeness (QED) is 0.702. The molecule has 4 rings (SSSR count). The van der Waals surface area contributed by atoms with E-state index < -0.39 is 11.6 Å². The van der Waals surface area contributed by atoms with Gasteiger partial charge in [-0.05, 0) is 62.1 Å². The van der Waals surface area contributed by atoms with Gasteiger partial charge in [0.25, 0.3) is 5.91 Å². The van der Waals surface area contributed by atoms with Crippen LogP contribution in [0.4, 0.5) is 9.18 Å². The van der Waals surface area contributed by atoms with Gasteiger partial charge in [0.2, 0.25) is 5.91 Å². The standard InChI is InChI=1S/C23H30FN3O4/c1-16-6-8-23(9-7-16)20(29)27(21(30)26-23)14-19(28)25-15-22(10-12-31-13-11-22)17-2-4-18(24)5-3-17/h2-5,16H,6-15H2,1H3,(H,25,28)(H,26,30). The van der Waals surface area contributed by atoms with E-state index in [2.05, 4.69) is 17.6 Å². The predicted octanol–water partition coefficient (Wildman–Crippen LogP) is 2.49. The molecule has 2 heterocycles. The van der Waals surface area contributed by atoms with Crippen LogP contribution in [0.15, 0.2) is 24.3 Å². The van der Waals surface area contributed by atoms with Gasteiger partial charge in [-0.25, -0.2) is 9.18 Å². The maximum Gasteiger partial charge on any atom is 0.325 e. The van der Waals surface area contributed by atoms with Crippen LogP contribution >= 0.6 is 0 Å². The molecule has 2 aliphatic heterocycles. The number of halogens is 1. The van der Waals surface area contributed by atoms with Gasteiger partial charge in [-0.15, -0.1) is 0 Å². The maximum atomic E-state index is 13.4. The molecule has 1 saturated carbocycles. The Morgan fingerprint density at radius 2 is 1.81 bits per heavy atom. The van der Waals surface area contributed by atoms with Gasteiger partial charge in [0.15, 0.2) is 0 Å². The van der Waals surface area contributed by atoms with E-state index in [4.69, 9.17) is 4.74 Å². The molecule has 31 heavy (non-hydrogen) atoms. The second kappa shape index (κ2) is 8.57. The highest BCUT2D eigenvalue weighted by atomic mass is 19.1. The van der Waals surface area contributed by atoms with Gasteiger partial charge >= 0.3 is 6.03 Å². The molecule has 0 aromatic heterocycles. The fraction of sp³-hybridized carbons (Fsp3) is 0.609. The van der Waals surface area contributed by atoms with Gasteiger partial charge in [-0.2, -0.15) is 0 Å². The monoisotopic (exact) mass is 431 g/mol. The van der Waals surface area contributed by atoms with Crippen molar-refractivity contribution in [2.24, 2.45) is 5.92 Å². The lowest BCUT2D eigenvalue weighted by atomic mass is 9.74. The van der Waals surface area contributed by atoms with E-state index in [0.717, 1.165) is 23.3 Å². The molecule has 0 atom stereocenters. The normalized spacial score (nSPS) is 27.9. The zero-order chi connectivity index (χ0) is 22.1. The SMILES string of the molecule is CC1CCC2(CC1)NC(=O)N(CC(=O)NCC1(c3ccc(F)cc3)CCOCC1)C2=O. The number of ether oxygens (including phenoxy) is 1. The molecule has 2 saturated heterocycles. The summed E-state index contributed by atoms with van der Waals surface area (Å²) in [7, 11) is 0. The van der Waals surface area contributed by atoms with Crippen molar-refractivity contribution in [1.82, 2.24) is 15.5 Å². The molecule has 7 nitrogen and oxygen atoms in total. The molecule has 0 bridgehead atoms. The van der Waals surface area contributed by atoms with E-state index in [1.54, 1.807) is 12.1 Å². The van der Waals surface area contributed by atoms with Crippen LogP contribution in [0.2, 0.25) is 0 Å². The number of carbonyl (C=O) groups excluding carboxylic acids is 3. The topological polar surface area (TPSA) is 87.7 Å². The molecular formula is C23H30FN3O4. The van der Waals surface area contributed by atoms with Gasteiger partial charge < -0.3 is 15.4 Å². The minimum Gasteiger partial charge on any atom is -0.381 e. The van der Waals surface area contributed by atoms with Gasteiger partial charge in [0, 0.05) is 25.2 Å². The zero-order valence-electron chi connectivity index (χ0n) is 17.9. The molecule has 2 N–H and O–H groups in total. The number of hydrogen-bond acceptors (Lipinski definition) is 4. The van der Waals surface area contributed by atoms with Crippen LogP contribution in [0, 0.1) is 11.7 Å². The number of benzene rings is 1. The number of carbonyl (C=O) groups is 3. The summed E-state index contributed by atoms with van der Waals surface area (Å²) in [6.07, 6.45) is 4.39. The van der Waals surface area contributed by atoms with E-state index in [1.165, 1.54) is 12.1 Å². The fourth-order valence-electron chi connectivity index (χ4n) is 5.01. The van der Waals surface area contributed by atoms with Crippen LogP contribution in [-0.4, -0.2) is 54.6 Å². The Labute approximate surface area is 181 Å². The van der Waals surface area contributed by atoms with Crippen molar-refractivity contribution >= 4 is 17.8 Å². The fourth-order valence-corrected chi connectivity index (χ4v) is 5.01. The number of nitrogens with zero attached hydrogens (tertiary/aromatic N) is 1. The predicted molar refractivity (Wildman–Crippen MR) is 112 cm³/mol. The Kier molecular flexibility index (Phi) is 6.01. The molecule has 3 aliphatic rings. The minimum atomic E-state index is -0.847. The lowest BCUT2D eigenvalue weighted by Crippen LogP contribution is -2.50. The summed E-state index contributed by atoms with van der Waals surface area (Å²) in [5, 5.41) is 5.76. The third kappa shape index (κ3) is 4.31. The average Bonchev–Trinajstić information content (AvgIpc) is 3.00. The molecule has 8 heteroatoms. The third-order valence-electron chi connectivity index (χ3n) is 7.21. The Hall–Kier alpha value is -2.48. The molecule has 1 aliphatic carbocycles. The summed E-state index contributed by atoms with van der Waals surface area (Å²) in [5.74, 6) is -0.439. The third-order valence-corrected chi connectivity index (χ3v) is 7.21. The van der Waals surface area contributed by atoms with Crippen LogP contribution in [0.25, 0.3) is 0 Å². The number of nitrogens with one attached hydrogen (secondary N) is 2. The van der Waals surface area contributed by atoms with Crippen LogP contribution in [0.1, 0.15) is 51.0 Å². The number of rotatable bonds is 5. The molecule has 3 fully saturated rings. The second-order valence-electron chi connectivity index (χ2n) is 9.26.